The fourth-order valence-electron chi connectivity index (χ4n) is 10.8. The van der Waals surface area contributed by atoms with Crippen LogP contribution in [-0.4, -0.2) is 100 Å². The Morgan fingerprint density at radius 3 is 2.69 bits per heavy atom. The summed E-state index contributed by atoms with van der Waals surface area (Å²) >= 11 is 6.51. The third-order valence-electron chi connectivity index (χ3n) is 14.2. The highest BCUT2D eigenvalue weighted by atomic mass is 35.5. The summed E-state index contributed by atoms with van der Waals surface area (Å²) < 4.78 is 23.6. The van der Waals surface area contributed by atoms with Crippen molar-refractivity contribution in [2.24, 2.45) is 17.8 Å². The minimum absolute atomic E-state index is 0.0748. The van der Waals surface area contributed by atoms with Crippen LogP contribution >= 0.6 is 11.6 Å². The summed E-state index contributed by atoms with van der Waals surface area (Å²) in [5.74, 6) is 5.06. The number of fused-ring (bicyclic) bond motifs is 5. The Labute approximate surface area is 316 Å². The van der Waals surface area contributed by atoms with Gasteiger partial charge in [-0.15, -0.1) is 0 Å². The lowest BCUT2D eigenvalue weighted by Crippen LogP contribution is -2.61. The number of nitrogens with zero attached hydrogens (tertiary/aromatic N) is 3. The second kappa shape index (κ2) is 14.4. The van der Waals surface area contributed by atoms with Gasteiger partial charge >= 0.3 is 0 Å². The first-order chi connectivity index (χ1) is 24.9. The standard InChI is InChI=1S/C42H59ClN4O4S/c1-29-8-6-18-42(49,27-45-20-21-46-19-5-4-10-35(46)25-45)37-14-11-33(37)24-47-26-41(17-7-9-31-22-34(43)13-15-36(31)41)28-51-39-16-12-32(23-38(39)47)40(48)44-52(3,50)30(29)2/h12-13,15-16,22-23,29-30,33,35,37,49H,3-11,14,17-21,24-28H2,1-2H3,(H,44,48,50)/t29-,30+,33-,35+,37+,41-,42+,52?/m0/s1. The molecular weight excluding hydrogens is 692 g/mol. The molecule has 4 heterocycles. The molecule has 1 spiro atoms. The van der Waals surface area contributed by atoms with E-state index in [1.807, 2.05) is 25.1 Å². The highest BCUT2D eigenvalue weighted by Crippen LogP contribution is 2.49. The van der Waals surface area contributed by atoms with Gasteiger partial charge in [0.05, 0.1) is 27.6 Å². The van der Waals surface area contributed by atoms with Crippen LogP contribution in [-0.2, 0) is 21.5 Å². The quantitative estimate of drug-likeness (QED) is 0.349. The summed E-state index contributed by atoms with van der Waals surface area (Å²) in [4.78, 5) is 21.5. The SMILES string of the molecule is C=S1(=O)NC(=O)c2ccc3c(c2)N(C[C@@H]2CC[C@H]2[C@](O)(CN2CCN4CCCC[C@@H]4C2)CCC[C@H](C)[C@H]1C)C[C@@]1(CCCc2cc(Cl)ccc21)CO3. The van der Waals surface area contributed by atoms with Crippen LogP contribution in [0.15, 0.2) is 36.4 Å². The fraction of sp³-hybridized carbons (Fsp3) is 0.667. The Balaban J connectivity index is 1.16. The zero-order valence-corrected chi connectivity index (χ0v) is 32.9. The predicted molar refractivity (Wildman–Crippen MR) is 212 cm³/mol. The van der Waals surface area contributed by atoms with E-state index in [0.29, 0.717) is 30.7 Å². The molecule has 3 fully saturated rings. The monoisotopic (exact) mass is 750 g/mol. The minimum atomic E-state index is -2.94. The summed E-state index contributed by atoms with van der Waals surface area (Å²) in [5.41, 5.74) is 2.93. The Morgan fingerprint density at radius 1 is 1.00 bits per heavy atom. The van der Waals surface area contributed by atoms with Crippen molar-refractivity contribution in [3.8, 4) is 5.75 Å². The van der Waals surface area contributed by atoms with Gasteiger partial charge in [0.1, 0.15) is 5.75 Å². The largest absolute Gasteiger partial charge is 0.490 e. The predicted octanol–water partition coefficient (Wildman–Crippen LogP) is 6.31. The number of piperazine rings is 1. The Hall–Kier alpha value is -2.30. The van der Waals surface area contributed by atoms with Crippen molar-refractivity contribution < 1.29 is 18.8 Å². The molecule has 6 aliphatic rings. The van der Waals surface area contributed by atoms with Crippen molar-refractivity contribution in [2.45, 2.75) is 107 Å². The molecule has 1 saturated carbocycles. The van der Waals surface area contributed by atoms with Crippen molar-refractivity contribution in [1.29, 1.82) is 0 Å². The molecule has 2 N–H and O–H groups in total. The van der Waals surface area contributed by atoms with Gasteiger partial charge in [-0.25, -0.2) is 4.21 Å². The Kier molecular flexibility index (Phi) is 10.2. The normalized spacial score (nSPS) is 37.4. The third-order valence-corrected chi connectivity index (χ3v) is 16.6. The van der Waals surface area contributed by atoms with Gasteiger partial charge in [0.25, 0.3) is 5.91 Å². The molecule has 4 aliphatic heterocycles. The number of aryl methyl sites for hydroxylation is 1. The molecule has 2 aromatic carbocycles. The van der Waals surface area contributed by atoms with Crippen LogP contribution < -0.4 is 14.4 Å². The van der Waals surface area contributed by atoms with Gasteiger partial charge < -0.3 is 14.7 Å². The second-order valence-corrected chi connectivity index (χ2v) is 20.3. The number of nitrogens with one attached hydrogen (secondary N) is 1. The summed E-state index contributed by atoms with van der Waals surface area (Å²) in [7, 11) is -2.94. The lowest BCUT2D eigenvalue weighted by atomic mass is 9.62. The number of carbonyl (C=O) groups is 1. The molecule has 284 valence electrons. The van der Waals surface area contributed by atoms with Gasteiger partial charge in [-0.1, -0.05) is 37.4 Å². The summed E-state index contributed by atoms with van der Waals surface area (Å²) in [6.07, 6.45) is 11.4. The van der Waals surface area contributed by atoms with E-state index >= 15 is 0 Å². The van der Waals surface area contributed by atoms with E-state index < -0.39 is 15.3 Å². The van der Waals surface area contributed by atoms with Gasteiger partial charge in [-0.05, 0) is 136 Å². The molecule has 0 radical (unpaired) electrons. The first-order valence-electron chi connectivity index (χ1n) is 20.1. The van der Waals surface area contributed by atoms with Crippen LogP contribution in [0.4, 0.5) is 5.69 Å². The number of ether oxygens (including phenoxy) is 1. The molecule has 2 saturated heterocycles. The molecule has 2 aliphatic carbocycles. The molecule has 2 aromatic rings. The van der Waals surface area contributed by atoms with E-state index in [1.165, 1.54) is 36.9 Å². The number of piperidine rings is 1. The number of amides is 1. The van der Waals surface area contributed by atoms with Crippen molar-refractivity contribution in [1.82, 2.24) is 14.5 Å². The van der Waals surface area contributed by atoms with Gasteiger partial charge in [0.2, 0.25) is 0 Å². The van der Waals surface area contributed by atoms with Gasteiger partial charge in [0.15, 0.2) is 0 Å². The van der Waals surface area contributed by atoms with Crippen LogP contribution in [0.2, 0.25) is 5.02 Å². The minimum Gasteiger partial charge on any atom is -0.490 e. The number of benzene rings is 2. The number of β-amino-alcohol motifs (C(OH)–C–C–N with tert-alkyl or cyclic N) is 1. The van der Waals surface area contributed by atoms with Crippen LogP contribution in [0.1, 0.15) is 99.5 Å². The van der Waals surface area contributed by atoms with E-state index in [0.717, 1.165) is 101 Å². The molecule has 10 heteroatoms. The molecule has 1 unspecified atom stereocenters. The first kappa shape index (κ1) is 36.7. The summed E-state index contributed by atoms with van der Waals surface area (Å²) in [6, 6.07) is 12.6. The highest BCUT2D eigenvalue weighted by molar-refractivity contribution is 7.99. The van der Waals surface area contributed by atoms with E-state index in [4.69, 9.17) is 16.3 Å². The smallest absolute Gasteiger partial charge is 0.262 e. The number of anilines is 1. The number of aliphatic hydroxyl groups is 1. The summed E-state index contributed by atoms with van der Waals surface area (Å²) in [5, 5.41) is 13.4. The average Bonchev–Trinajstić information content (AvgIpc) is 3.25. The number of carbonyl (C=O) groups excluding carboxylic acids is 1. The fourth-order valence-corrected chi connectivity index (χ4v) is 12.5. The Bertz CT molecular complexity index is 1770. The van der Waals surface area contributed by atoms with E-state index in [-0.39, 0.29) is 28.4 Å². The van der Waals surface area contributed by atoms with E-state index in [9.17, 15) is 14.1 Å². The number of rotatable bonds is 2. The maximum Gasteiger partial charge on any atom is 0.262 e. The summed E-state index contributed by atoms with van der Waals surface area (Å²) in [6.45, 7) is 11.2. The Morgan fingerprint density at radius 2 is 1.87 bits per heavy atom. The molecule has 2 bridgehead atoms. The maximum absolute atomic E-state index is 14.0. The topological polar surface area (TPSA) is 85.3 Å². The second-order valence-electron chi connectivity index (χ2n) is 17.5. The molecule has 1 amide bonds. The zero-order valence-electron chi connectivity index (χ0n) is 31.3. The van der Waals surface area contributed by atoms with E-state index in [1.54, 1.807) is 6.07 Å². The molecule has 8 rings (SSSR count). The van der Waals surface area contributed by atoms with Gasteiger partial charge in [-0.2, -0.15) is 0 Å². The van der Waals surface area contributed by atoms with Crippen LogP contribution in [0.5, 0.6) is 5.75 Å². The number of hydrogen-bond donors (Lipinski definition) is 2. The molecule has 0 aromatic heterocycles. The average molecular weight is 751 g/mol. The molecule has 8 atom stereocenters. The number of hydrogen-bond acceptors (Lipinski definition) is 7. The molecular formula is C42H59ClN4O4S. The van der Waals surface area contributed by atoms with E-state index in [2.05, 4.69) is 44.3 Å². The van der Waals surface area contributed by atoms with Crippen molar-refractivity contribution >= 4 is 38.8 Å². The van der Waals surface area contributed by atoms with Crippen LogP contribution in [0.25, 0.3) is 0 Å². The van der Waals surface area contributed by atoms with Crippen LogP contribution in [0.3, 0.4) is 0 Å². The highest BCUT2D eigenvalue weighted by Gasteiger charge is 2.50. The zero-order chi connectivity index (χ0) is 36.3. The van der Waals surface area contributed by atoms with Gasteiger partial charge in [0, 0.05) is 66.6 Å². The van der Waals surface area contributed by atoms with Crippen LogP contribution in [0, 0.1) is 17.8 Å². The van der Waals surface area contributed by atoms with Crippen molar-refractivity contribution in [3.05, 3.63) is 58.1 Å². The lowest BCUT2D eigenvalue weighted by Gasteiger charge is -2.53. The number of halogens is 1. The molecule has 52 heavy (non-hydrogen) atoms. The van der Waals surface area contributed by atoms with Crippen molar-refractivity contribution in [2.75, 3.05) is 57.3 Å². The molecule has 8 nitrogen and oxygen atoms in total. The van der Waals surface area contributed by atoms with Gasteiger partial charge in [-0.3, -0.25) is 19.3 Å². The maximum atomic E-state index is 14.0. The van der Waals surface area contributed by atoms with Crippen molar-refractivity contribution in [3.63, 3.8) is 0 Å². The first-order valence-corrected chi connectivity index (χ1v) is 22.3. The lowest BCUT2D eigenvalue weighted by molar-refractivity contribution is -0.114. The third kappa shape index (κ3) is 7.02.